The normalized spacial score (nSPS) is 15.2. The van der Waals surface area contributed by atoms with Crippen molar-refractivity contribution in [1.82, 2.24) is 10.2 Å². The van der Waals surface area contributed by atoms with Gasteiger partial charge in [0.25, 0.3) is 0 Å². The van der Waals surface area contributed by atoms with Crippen LogP contribution < -0.4 is 10.1 Å². The highest BCUT2D eigenvalue weighted by molar-refractivity contribution is 5.78. The molecule has 0 spiro atoms. The number of amides is 1. The molecule has 0 aromatic heterocycles. The van der Waals surface area contributed by atoms with Crippen LogP contribution in [0.5, 0.6) is 5.75 Å². The quantitative estimate of drug-likeness (QED) is 0.738. The molecule has 1 fully saturated rings. The molecule has 1 aliphatic rings. The monoisotopic (exact) mass is 342 g/mol. The number of carbonyl (C=O) groups is 1. The molecule has 1 aromatic carbocycles. The van der Waals surface area contributed by atoms with Crippen LogP contribution in [-0.2, 0) is 11.3 Å². The van der Waals surface area contributed by atoms with Crippen molar-refractivity contribution in [2.75, 3.05) is 19.7 Å². The summed E-state index contributed by atoms with van der Waals surface area (Å²) in [6, 6.07) is 8.41. The molecule has 25 heavy (non-hydrogen) atoms. The van der Waals surface area contributed by atoms with Gasteiger partial charge in [-0.3, -0.25) is 4.79 Å². The van der Waals surface area contributed by atoms with E-state index < -0.39 is 0 Å². The molecule has 0 atom stereocenters. The Hall–Kier alpha value is -1.99. The molecule has 1 saturated heterocycles. The summed E-state index contributed by atoms with van der Waals surface area (Å²) in [6.07, 6.45) is 9.14. The lowest BCUT2D eigenvalue weighted by Gasteiger charge is -2.34. The third-order valence-electron chi connectivity index (χ3n) is 5.01. The lowest BCUT2D eigenvalue weighted by Crippen LogP contribution is -2.46. The molecule has 1 amide bonds. The molecule has 4 nitrogen and oxygen atoms in total. The van der Waals surface area contributed by atoms with Crippen LogP contribution in [0.15, 0.2) is 24.3 Å². The van der Waals surface area contributed by atoms with Crippen LogP contribution in [0.25, 0.3) is 0 Å². The van der Waals surface area contributed by atoms with Gasteiger partial charge in [-0.15, -0.1) is 6.42 Å². The van der Waals surface area contributed by atoms with Gasteiger partial charge in [0, 0.05) is 37.2 Å². The summed E-state index contributed by atoms with van der Waals surface area (Å²) in [5, 5.41) is 3.60. The van der Waals surface area contributed by atoms with Gasteiger partial charge in [-0.1, -0.05) is 38.0 Å². The highest BCUT2D eigenvalue weighted by atomic mass is 16.5. The zero-order valence-electron chi connectivity index (χ0n) is 15.5. The molecule has 1 aliphatic heterocycles. The van der Waals surface area contributed by atoms with Crippen molar-refractivity contribution in [2.45, 2.75) is 52.1 Å². The average molecular weight is 342 g/mol. The van der Waals surface area contributed by atoms with E-state index in [0.29, 0.717) is 11.9 Å². The molecular weight excluding hydrogens is 312 g/mol. The minimum absolute atomic E-state index is 0.185. The van der Waals surface area contributed by atoms with Crippen LogP contribution in [-0.4, -0.2) is 36.5 Å². The summed E-state index contributed by atoms with van der Waals surface area (Å²) in [6.45, 7) is 6.93. The van der Waals surface area contributed by atoms with Crippen molar-refractivity contribution >= 4 is 5.91 Å². The van der Waals surface area contributed by atoms with Gasteiger partial charge in [0.1, 0.15) is 12.4 Å². The van der Waals surface area contributed by atoms with E-state index in [2.05, 4.69) is 31.2 Å². The van der Waals surface area contributed by atoms with Crippen molar-refractivity contribution < 1.29 is 9.53 Å². The highest BCUT2D eigenvalue weighted by Crippen LogP contribution is 2.20. The van der Waals surface area contributed by atoms with Crippen LogP contribution in [0.3, 0.4) is 0 Å². The second-order valence-electron chi connectivity index (χ2n) is 6.59. The topological polar surface area (TPSA) is 41.6 Å². The smallest absolute Gasteiger partial charge is 0.225 e. The number of para-hydroxylation sites is 1. The Morgan fingerprint density at radius 2 is 2.00 bits per heavy atom. The second kappa shape index (κ2) is 10.1. The Balaban J connectivity index is 1.81. The van der Waals surface area contributed by atoms with Gasteiger partial charge in [0.15, 0.2) is 0 Å². The number of likely N-dealkylation sites (tertiary alicyclic amines) is 1. The Morgan fingerprint density at radius 1 is 1.32 bits per heavy atom. The Kier molecular flexibility index (Phi) is 7.81. The predicted molar refractivity (Wildman–Crippen MR) is 101 cm³/mol. The lowest BCUT2D eigenvalue weighted by atomic mass is 9.98. The van der Waals surface area contributed by atoms with E-state index in [4.69, 9.17) is 11.2 Å². The Bertz CT molecular complexity index is 582. The van der Waals surface area contributed by atoms with E-state index in [1.165, 1.54) is 0 Å². The van der Waals surface area contributed by atoms with Crippen molar-refractivity contribution in [1.29, 1.82) is 0 Å². The second-order valence-corrected chi connectivity index (χ2v) is 6.59. The van der Waals surface area contributed by atoms with Crippen molar-refractivity contribution in [2.24, 2.45) is 5.92 Å². The third-order valence-corrected chi connectivity index (χ3v) is 5.01. The number of hydrogen-bond acceptors (Lipinski definition) is 3. The van der Waals surface area contributed by atoms with E-state index in [0.717, 1.165) is 56.6 Å². The minimum atomic E-state index is 0.185. The summed E-state index contributed by atoms with van der Waals surface area (Å²) in [4.78, 5) is 14.5. The number of benzene rings is 1. The first-order valence-electron chi connectivity index (χ1n) is 9.35. The van der Waals surface area contributed by atoms with Crippen LogP contribution in [0, 0.1) is 18.3 Å². The number of ether oxygens (including phenoxy) is 1. The first-order valence-corrected chi connectivity index (χ1v) is 9.35. The number of carbonyl (C=O) groups excluding carboxylic acids is 1. The maximum absolute atomic E-state index is 12.5. The van der Waals surface area contributed by atoms with Crippen molar-refractivity contribution in [3.8, 4) is 18.1 Å². The predicted octanol–water partition coefficient (Wildman–Crippen LogP) is 3.22. The summed E-state index contributed by atoms with van der Waals surface area (Å²) >= 11 is 0. The number of hydrogen-bond donors (Lipinski definition) is 1. The van der Waals surface area contributed by atoms with Gasteiger partial charge in [0.05, 0.1) is 0 Å². The maximum atomic E-state index is 12.5. The molecular formula is C21H30N2O2. The number of nitrogens with zero attached hydrogens (tertiary/aromatic N) is 1. The summed E-state index contributed by atoms with van der Waals surface area (Å²) in [5.41, 5.74) is 1.12. The molecule has 1 N–H and O–H groups in total. The van der Waals surface area contributed by atoms with Gasteiger partial charge in [-0.05, 0) is 31.7 Å². The van der Waals surface area contributed by atoms with Gasteiger partial charge < -0.3 is 15.0 Å². The van der Waals surface area contributed by atoms with E-state index in [1.807, 2.05) is 23.1 Å². The summed E-state index contributed by atoms with van der Waals surface area (Å²) < 4.78 is 5.60. The van der Waals surface area contributed by atoms with Gasteiger partial charge in [-0.2, -0.15) is 0 Å². The zero-order valence-corrected chi connectivity index (χ0v) is 15.5. The molecule has 0 unspecified atom stereocenters. The molecule has 136 valence electrons. The van der Waals surface area contributed by atoms with Crippen LogP contribution in [0.2, 0.25) is 0 Å². The van der Waals surface area contributed by atoms with E-state index in [-0.39, 0.29) is 12.5 Å². The summed E-state index contributed by atoms with van der Waals surface area (Å²) in [7, 11) is 0. The van der Waals surface area contributed by atoms with Crippen molar-refractivity contribution in [3.63, 3.8) is 0 Å². The maximum Gasteiger partial charge on any atom is 0.225 e. The number of terminal acetylenes is 1. The van der Waals surface area contributed by atoms with Crippen LogP contribution in [0.1, 0.15) is 45.1 Å². The minimum Gasteiger partial charge on any atom is -0.481 e. The lowest BCUT2D eigenvalue weighted by molar-refractivity contribution is -0.136. The Labute approximate surface area is 151 Å². The first-order chi connectivity index (χ1) is 12.2. The van der Waals surface area contributed by atoms with Gasteiger partial charge >= 0.3 is 0 Å². The average Bonchev–Trinajstić information content (AvgIpc) is 2.66. The van der Waals surface area contributed by atoms with E-state index in [9.17, 15) is 4.79 Å². The molecule has 0 bridgehead atoms. The Morgan fingerprint density at radius 3 is 2.64 bits per heavy atom. The van der Waals surface area contributed by atoms with E-state index in [1.54, 1.807) is 0 Å². The van der Waals surface area contributed by atoms with E-state index >= 15 is 0 Å². The summed E-state index contributed by atoms with van der Waals surface area (Å²) in [5.74, 6) is 3.86. The zero-order chi connectivity index (χ0) is 18.1. The third kappa shape index (κ3) is 5.51. The molecule has 4 heteroatoms. The fourth-order valence-corrected chi connectivity index (χ4v) is 3.36. The largest absolute Gasteiger partial charge is 0.481 e. The fraction of sp³-hybridized carbons (Fsp3) is 0.571. The standard InChI is InChI=1S/C21H30N2O2/c1-4-15-25-20-10-8-7-9-18(20)16-22-19-11-13-23(14-12-19)21(24)17(5-2)6-3/h1,7-10,17,19,22H,5-6,11-16H2,2-3H3. The molecule has 1 aromatic rings. The molecule has 0 radical (unpaired) electrons. The SMILES string of the molecule is C#CCOc1ccccc1CNC1CCN(C(=O)C(CC)CC)CC1. The molecule has 1 heterocycles. The molecule has 0 saturated carbocycles. The van der Waals surface area contributed by atoms with Gasteiger partial charge in [-0.25, -0.2) is 0 Å². The number of piperidine rings is 1. The fourth-order valence-electron chi connectivity index (χ4n) is 3.36. The number of rotatable bonds is 8. The number of nitrogens with one attached hydrogen (secondary N) is 1. The van der Waals surface area contributed by atoms with Crippen molar-refractivity contribution in [3.05, 3.63) is 29.8 Å². The molecule has 2 rings (SSSR count). The van der Waals surface area contributed by atoms with Crippen LogP contribution in [0.4, 0.5) is 0 Å². The van der Waals surface area contributed by atoms with Gasteiger partial charge in [0.2, 0.25) is 5.91 Å². The first kappa shape index (κ1) is 19.3. The highest BCUT2D eigenvalue weighted by Gasteiger charge is 2.26. The van der Waals surface area contributed by atoms with Crippen LogP contribution >= 0.6 is 0 Å². The molecule has 0 aliphatic carbocycles.